The summed E-state index contributed by atoms with van der Waals surface area (Å²) in [6, 6.07) is 0. The standard InChI is InChI=1S/C7H14O3/c1-2-3-6-10-7(9)4-5-8/h8H,2-6H2,1H3. The molecule has 1 N–H and O–H groups in total. The van der Waals surface area contributed by atoms with Gasteiger partial charge in [-0.1, -0.05) is 13.3 Å². The van der Waals surface area contributed by atoms with Crippen LogP contribution in [0.25, 0.3) is 0 Å². The van der Waals surface area contributed by atoms with Crippen molar-refractivity contribution < 1.29 is 14.6 Å². The molecular weight excluding hydrogens is 132 g/mol. The van der Waals surface area contributed by atoms with E-state index >= 15 is 0 Å². The molecule has 0 radical (unpaired) electrons. The second-order valence-electron chi connectivity index (χ2n) is 2.05. The van der Waals surface area contributed by atoms with E-state index in [1.807, 2.05) is 6.92 Å². The Morgan fingerprint density at radius 1 is 1.60 bits per heavy atom. The molecule has 0 unspecified atom stereocenters. The lowest BCUT2D eigenvalue weighted by molar-refractivity contribution is -0.144. The minimum absolute atomic E-state index is 0.115. The molecule has 10 heavy (non-hydrogen) atoms. The molecule has 0 aromatic rings. The molecule has 0 atom stereocenters. The minimum Gasteiger partial charge on any atom is -0.466 e. The van der Waals surface area contributed by atoms with Crippen molar-refractivity contribution in [1.29, 1.82) is 0 Å². The fraction of sp³-hybridized carbons (Fsp3) is 0.857. The molecular formula is C7H14O3. The number of rotatable bonds is 5. The molecule has 0 rings (SSSR count). The van der Waals surface area contributed by atoms with E-state index in [2.05, 4.69) is 0 Å². The SMILES string of the molecule is CCCCOC(=O)CCO. The average Bonchev–Trinajstić information content (AvgIpc) is 1.89. The summed E-state index contributed by atoms with van der Waals surface area (Å²) >= 11 is 0. The van der Waals surface area contributed by atoms with Crippen LogP contribution in [0.1, 0.15) is 26.2 Å². The number of ether oxygens (including phenoxy) is 1. The first-order valence-electron chi connectivity index (χ1n) is 3.57. The maximum Gasteiger partial charge on any atom is 0.308 e. The van der Waals surface area contributed by atoms with Crippen LogP contribution in [0.5, 0.6) is 0 Å². The molecule has 0 saturated heterocycles. The molecule has 3 nitrogen and oxygen atoms in total. The van der Waals surface area contributed by atoms with E-state index < -0.39 is 0 Å². The van der Waals surface area contributed by atoms with E-state index in [1.54, 1.807) is 0 Å². The van der Waals surface area contributed by atoms with Crippen LogP contribution < -0.4 is 0 Å². The Morgan fingerprint density at radius 3 is 2.80 bits per heavy atom. The van der Waals surface area contributed by atoms with Crippen molar-refractivity contribution in [3.63, 3.8) is 0 Å². The van der Waals surface area contributed by atoms with Crippen LogP contribution in [-0.4, -0.2) is 24.3 Å². The van der Waals surface area contributed by atoms with Crippen molar-refractivity contribution in [1.82, 2.24) is 0 Å². The van der Waals surface area contributed by atoms with Crippen LogP contribution in [0.4, 0.5) is 0 Å². The zero-order valence-corrected chi connectivity index (χ0v) is 6.30. The predicted octanol–water partition coefficient (Wildman–Crippen LogP) is 0.712. The fourth-order valence-corrected chi connectivity index (χ4v) is 0.494. The summed E-state index contributed by atoms with van der Waals surface area (Å²) in [5.74, 6) is -0.309. The first kappa shape index (κ1) is 9.43. The smallest absolute Gasteiger partial charge is 0.308 e. The Morgan fingerprint density at radius 2 is 2.30 bits per heavy atom. The maximum absolute atomic E-state index is 10.5. The topological polar surface area (TPSA) is 46.5 Å². The summed E-state index contributed by atoms with van der Waals surface area (Å²) in [6.07, 6.45) is 2.04. The highest BCUT2D eigenvalue weighted by Gasteiger charge is 1.98. The number of carbonyl (C=O) groups excluding carboxylic acids is 1. The van der Waals surface area contributed by atoms with Crippen molar-refractivity contribution >= 4 is 5.97 Å². The van der Waals surface area contributed by atoms with Crippen LogP contribution in [-0.2, 0) is 9.53 Å². The Balaban J connectivity index is 3.05. The molecule has 3 heteroatoms. The van der Waals surface area contributed by atoms with Gasteiger partial charge >= 0.3 is 5.97 Å². The first-order valence-corrected chi connectivity index (χ1v) is 3.57. The molecule has 0 amide bonds. The molecule has 0 fully saturated rings. The molecule has 0 bridgehead atoms. The maximum atomic E-state index is 10.5. The highest BCUT2D eigenvalue weighted by molar-refractivity contribution is 5.69. The highest BCUT2D eigenvalue weighted by Crippen LogP contribution is 1.90. The number of hydrogen-bond acceptors (Lipinski definition) is 3. The lowest BCUT2D eigenvalue weighted by Crippen LogP contribution is -2.07. The molecule has 60 valence electrons. The van der Waals surface area contributed by atoms with Gasteiger partial charge in [0.15, 0.2) is 0 Å². The van der Waals surface area contributed by atoms with Crippen molar-refractivity contribution in [2.45, 2.75) is 26.2 Å². The van der Waals surface area contributed by atoms with E-state index in [0.717, 1.165) is 12.8 Å². The van der Waals surface area contributed by atoms with Gasteiger partial charge in [-0.05, 0) is 6.42 Å². The van der Waals surface area contributed by atoms with Crippen LogP contribution in [0, 0.1) is 0 Å². The fourth-order valence-electron chi connectivity index (χ4n) is 0.494. The van der Waals surface area contributed by atoms with Gasteiger partial charge in [-0.15, -0.1) is 0 Å². The summed E-state index contributed by atoms with van der Waals surface area (Å²) in [4.78, 5) is 10.5. The summed E-state index contributed by atoms with van der Waals surface area (Å²) in [5.41, 5.74) is 0. The summed E-state index contributed by atoms with van der Waals surface area (Å²) in [6.45, 7) is 2.39. The van der Waals surface area contributed by atoms with E-state index in [9.17, 15) is 4.79 Å². The summed E-state index contributed by atoms with van der Waals surface area (Å²) in [7, 11) is 0. The predicted molar refractivity (Wildman–Crippen MR) is 37.6 cm³/mol. The van der Waals surface area contributed by atoms with E-state index in [4.69, 9.17) is 9.84 Å². The first-order chi connectivity index (χ1) is 4.81. The van der Waals surface area contributed by atoms with Crippen molar-refractivity contribution in [2.75, 3.05) is 13.2 Å². The molecule has 0 aliphatic carbocycles. The number of aliphatic hydroxyl groups excluding tert-OH is 1. The molecule has 0 saturated carbocycles. The largest absolute Gasteiger partial charge is 0.466 e. The Hall–Kier alpha value is -0.570. The molecule has 0 aliphatic rings. The number of aliphatic hydroxyl groups is 1. The highest BCUT2D eigenvalue weighted by atomic mass is 16.5. The molecule has 0 heterocycles. The number of esters is 1. The van der Waals surface area contributed by atoms with Crippen molar-refractivity contribution in [3.8, 4) is 0 Å². The molecule has 0 aliphatic heterocycles. The van der Waals surface area contributed by atoms with Crippen molar-refractivity contribution in [2.24, 2.45) is 0 Å². The summed E-state index contributed by atoms with van der Waals surface area (Å²) < 4.78 is 4.72. The second kappa shape index (κ2) is 6.55. The second-order valence-corrected chi connectivity index (χ2v) is 2.05. The normalized spacial score (nSPS) is 9.40. The van der Waals surface area contributed by atoms with Gasteiger partial charge in [0.25, 0.3) is 0 Å². The Kier molecular flexibility index (Phi) is 6.18. The average molecular weight is 146 g/mol. The van der Waals surface area contributed by atoms with Gasteiger partial charge in [-0.2, -0.15) is 0 Å². The number of carbonyl (C=O) groups is 1. The summed E-state index contributed by atoms with van der Waals surface area (Å²) in [5, 5.41) is 8.29. The Bertz CT molecular complexity index is 90.9. The Labute approximate surface area is 61.0 Å². The van der Waals surface area contributed by atoms with Gasteiger partial charge < -0.3 is 9.84 Å². The third-order valence-corrected chi connectivity index (χ3v) is 1.08. The van der Waals surface area contributed by atoms with Gasteiger partial charge in [-0.3, -0.25) is 4.79 Å². The lowest BCUT2D eigenvalue weighted by Gasteiger charge is -2.00. The molecule has 0 spiro atoms. The lowest BCUT2D eigenvalue weighted by atomic mass is 10.4. The van der Waals surface area contributed by atoms with E-state index in [-0.39, 0.29) is 19.0 Å². The van der Waals surface area contributed by atoms with E-state index in [1.165, 1.54) is 0 Å². The van der Waals surface area contributed by atoms with Crippen LogP contribution in [0.2, 0.25) is 0 Å². The zero-order chi connectivity index (χ0) is 7.82. The van der Waals surface area contributed by atoms with Gasteiger partial charge in [-0.25, -0.2) is 0 Å². The van der Waals surface area contributed by atoms with E-state index in [0.29, 0.717) is 6.61 Å². The van der Waals surface area contributed by atoms with Gasteiger partial charge in [0, 0.05) is 0 Å². The molecule has 0 aromatic heterocycles. The van der Waals surface area contributed by atoms with Gasteiger partial charge in [0.05, 0.1) is 19.6 Å². The number of unbranched alkanes of at least 4 members (excludes halogenated alkanes) is 1. The third-order valence-electron chi connectivity index (χ3n) is 1.08. The minimum atomic E-state index is -0.309. The van der Waals surface area contributed by atoms with Crippen LogP contribution in [0.3, 0.4) is 0 Å². The van der Waals surface area contributed by atoms with Gasteiger partial charge in [0.1, 0.15) is 0 Å². The zero-order valence-electron chi connectivity index (χ0n) is 6.30. The van der Waals surface area contributed by atoms with Crippen LogP contribution >= 0.6 is 0 Å². The monoisotopic (exact) mass is 146 g/mol. The quantitative estimate of drug-likeness (QED) is 0.459. The van der Waals surface area contributed by atoms with Gasteiger partial charge in [0.2, 0.25) is 0 Å². The van der Waals surface area contributed by atoms with Crippen LogP contribution in [0.15, 0.2) is 0 Å². The molecule has 0 aromatic carbocycles. The van der Waals surface area contributed by atoms with Crippen molar-refractivity contribution in [3.05, 3.63) is 0 Å². The number of hydrogen-bond donors (Lipinski definition) is 1. The third kappa shape index (κ3) is 5.56.